The Kier molecular flexibility index (Phi) is 10.4. The fourth-order valence-electron chi connectivity index (χ4n) is 12.8. The first-order chi connectivity index (χ1) is 39.6. The molecule has 0 spiro atoms. The summed E-state index contributed by atoms with van der Waals surface area (Å²) in [5, 5.41) is 21.7. The second-order valence-corrected chi connectivity index (χ2v) is 22.5. The normalized spacial score (nSPS) is 11.7. The second kappa shape index (κ2) is 18.1. The van der Waals surface area contributed by atoms with Crippen LogP contribution in [0.1, 0.15) is 5.56 Å². The third kappa shape index (κ3) is 6.77. The molecule has 4 aromatic heterocycles. The van der Waals surface area contributed by atoms with Gasteiger partial charge in [-0.25, -0.2) is 4.85 Å². The molecule has 80 heavy (non-hydrogen) atoms. The van der Waals surface area contributed by atoms with Crippen LogP contribution in [0.5, 0.6) is 0 Å². The summed E-state index contributed by atoms with van der Waals surface area (Å²) in [5.74, 6) is 0. The van der Waals surface area contributed by atoms with Crippen molar-refractivity contribution in [3.05, 3.63) is 272 Å². The van der Waals surface area contributed by atoms with Gasteiger partial charge < -0.3 is 9.13 Å². The van der Waals surface area contributed by atoms with Crippen LogP contribution in [0.15, 0.2) is 255 Å². The van der Waals surface area contributed by atoms with Crippen LogP contribution < -0.4 is 0 Å². The van der Waals surface area contributed by atoms with Gasteiger partial charge in [-0.05, 0) is 87.0 Å². The second-order valence-electron chi connectivity index (χ2n) is 20.4. The lowest BCUT2D eigenvalue weighted by Gasteiger charge is -2.26. The number of nitriles is 1. The van der Waals surface area contributed by atoms with Gasteiger partial charge in [0.15, 0.2) is 0 Å². The van der Waals surface area contributed by atoms with E-state index in [0.717, 1.165) is 114 Å². The SMILES string of the molecule is [C-]#[N+]c1c(-c2cc(-c3ccccc3)cc(-c3ccccc3)c2)c(C#N)c(-n2c3c(ccc4c5ccccc5sc43)c3ccc4c(sc5cccc(-c6ccccc6)c54)c32)c(-c2ccccc2)c1-n1c2ccccc2c2ccccc21. The Bertz CT molecular complexity index is 5190. The zero-order chi connectivity index (χ0) is 53.0. The van der Waals surface area contributed by atoms with E-state index in [-0.39, 0.29) is 0 Å². The minimum Gasteiger partial charge on any atom is -0.318 e. The third-order valence-corrected chi connectivity index (χ3v) is 18.5. The van der Waals surface area contributed by atoms with E-state index < -0.39 is 0 Å². The van der Waals surface area contributed by atoms with Crippen LogP contribution in [0.2, 0.25) is 0 Å². The molecule has 0 bridgehead atoms. The molecule has 0 atom stereocenters. The molecule has 4 heterocycles. The highest BCUT2D eigenvalue weighted by Gasteiger charge is 2.33. The molecule has 0 N–H and O–H groups in total. The van der Waals surface area contributed by atoms with Gasteiger partial charge in [0.05, 0.1) is 55.0 Å². The fourth-order valence-corrected chi connectivity index (χ4v) is 15.3. The molecular formula is C74H42N4S2. The van der Waals surface area contributed by atoms with Crippen LogP contribution in [0, 0.1) is 17.9 Å². The van der Waals surface area contributed by atoms with Crippen LogP contribution in [-0.2, 0) is 0 Å². The van der Waals surface area contributed by atoms with Crippen molar-refractivity contribution in [2.24, 2.45) is 0 Å². The van der Waals surface area contributed by atoms with E-state index in [2.05, 4.69) is 252 Å². The Hall–Kier alpha value is -10.3. The minimum atomic E-state index is 0.396. The number of aromatic nitrogens is 2. The first-order valence-corrected chi connectivity index (χ1v) is 28.4. The Balaban J connectivity index is 1.19. The van der Waals surface area contributed by atoms with Gasteiger partial charge in [-0.2, -0.15) is 5.26 Å². The molecule has 12 aromatic carbocycles. The molecule has 0 aliphatic heterocycles. The monoisotopic (exact) mass is 1050 g/mol. The molecule has 0 fully saturated rings. The van der Waals surface area contributed by atoms with Gasteiger partial charge in [-0.1, -0.05) is 212 Å². The quantitative estimate of drug-likeness (QED) is 0.147. The number of thiophene rings is 2. The predicted octanol–water partition coefficient (Wildman–Crippen LogP) is 21.4. The number of rotatable bonds is 7. The summed E-state index contributed by atoms with van der Waals surface area (Å²) < 4.78 is 9.42. The van der Waals surface area contributed by atoms with Crippen molar-refractivity contribution < 1.29 is 0 Å². The Labute approximate surface area is 468 Å². The lowest BCUT2D eigenvalue weighted by Crippen LogP contribution is -2.09. The van der Waals surface area contributed by atoms with Gasteiger partial charge in [0.2, 0.25) is 5.69 Å². The summed E-state index contributed by atoms with van der Waals surface area (Å²) in [6.45, 7) is 9.70. The van der Waals surface area contributed by atoms with E-state index in [1.54, 1.807) is 11.3 Å². The Morgan fingerprint density at radius 2 is 0.838 bits per heavy atom. The summed E-state index contributed by atoms with van der Waals surface area (Å²) >= 11 is 3.61. The standard InChI is InChI=1S/C74H42N4S2/c1-76-68-65(51-42-49(45-21-6-2-7-22-45)41-50(43-51)46-23-8-3-9-24-46)60(44-75)69(66(48-27-12-5-13-28-48)72(68)77-61-33-17-14-29-53(61)54-30-15-18-34-62(54)77)78-70-56(37-39-58-55-31-16-19-35-63(55)79-73(58)70)57-38-40-59-67-52(47-25-10-4-11-26-47)32-20-36-64(67)80-74(59)71(57)78/h2-43H. The zero-order valence-electron chi connectivity index (χ0n) is 42.9. The molecule has 4 nitrogen and oxygen atoms in total. The number of hydrogen-bond acceptors (Lipinski definition) is 3. The highest BCUT2D eigenvalue weighted by Crippen LogP contribution is 2.55. The van der Waals surface area contributed by atoms with Crippen molar-refractivity contribution in [2.45, 2.75) is 0 Å². The lowest BCUT2D eigenvalue weighted by molar-refractivity contribution is 1.14. The van der Waals surface area contributed by atoms with Crippen LogP contribution in [0.25, 0.3) is 156 Å². The maximum absolute atomic E-state index is 12.7. The minimum absolute atomic E-state index is 0.396. The molecule has 0 saturated heterocycles. The molecule has 0 aliphatic rings. The Morgan fingerprint density at radius 3 is 1.44 bits per heavy atom. The molecule has 0 unspecified atom stereocenters. The molecule has 6 heteroatoms. The van der Waals surface area contributed by atoms with Crippen LogP contribution in [-0.4, -0.2) is 9.13 Å². The van der Waals surface area contributed by atoms with Crippen molar-refractivity contribution in [3.63, 3.8) is 0 Å². The molecular weight excluding hydrogens is 1010 g/mol. The van der Waals surface area contributed by atoms with E-state index in [4.69, 9.17) is 4.85 Å². The van der Waals surface area contributed by atoms with Crippen molar-refractivity contribution >= 4 is 112 Å². The van der Waals surface area contributed by atoms with E-state index >= 15 is 0 Å². The number of hydrogen-bond donors (Lipinski definition) is 0. The number of benzene rings is 12. The van der Waals surface area contributed by atoms with E-state index in [1.807, 2.05) is 29.5 Å². The smallest absolute Gasteiger partial charge is 0.220 e. The molecule has 16 aromatic rings. The molecule has 370 valence electrons. The van der Waals surface area contributed by atoms with Crippen molar-refractivity contribution in [1.82, 2.24) is 9.13 Å². The van der Waals surface area contributed by atoms with Gasteiger partial charge in [0.1, 0.15) is 6.07 Å². The molecule has 16 rings (SSSR count). The van der Waals surface area contributed by atoms with Gasteiger partial charge >= 0.3 is 0 Å². The lowest BCUT2D eigenvalue weighted by atomic mass is 9.86. The van der Waals surface area contributed by atoms with Crippen LogP contribution in [0.4, 0.5) is 5.69 Å². The van der Waals surface area contributed by atoms with Crippen molar-refractivity contribution in [1.29, 1.82) is 5.26 Å². The van der Waals surface area contributed by atoms with E-state index in [9.17, 15) is 11.8 Å². The number of para-hydroxylation sites is 2. The Morgan fingerprint density at radius 1 is 0.362 bits per heavy atom. The molecule has 0 amide bonds. The van der Waals surface area contributed by atoms with Gasteiger partial charge in [0.25, 0.3) is 0 Å². The van der Waals surface area contributed by atoms with Gasteiger partial charge in [-0.3, -0.25) is 0 Å². The third-order valence-electron chi connectivity index (χ3n) is 16.2. The maximum Gasteiger partial charge on any atom is 0.220 e. The maximum atomic E-state index is 12.7. The van der Waals surface area contributed by atoms with Crippen LogP contribution in [0.3, 0.4) is 0 Å². The van der Waals surface area contributed by atoms with Gasteiger partial charge in [-0.15, -0.1) is 22.7 Å². The summed E-state index contributed by atoms with van der Waals surface area (Å²) in [6, 6.07) is 93.3. The average molecular weight is 1050 g/mol. The molecule has 0 radical (unpaired) electrons. The average Bonchev–Trinajstić information content (AvgIpc) is 4.47. The number of nitrogens with zero attached hydrogens (tertiary/aromatic N) is 4. The van der Waals surface area contributed by atoms with Crippen molar-refractivity contribution in [3.8, 4) is 73.1 Å². The summed E-state index contributed by atoms with van der Waals surface area (Å²) in [7, 11) is 0. The first kappa shape index (κ1) is 45.8. The molecule has 0 saturated carbocycles. The summed E-state index contributed by atoms with van der Waals surface area (Å²) in [4.78, 5) is 4.73. The van der Waals surface area contributed by atoms with E-state index in [0.29, 0.717) is 22.5 Å². The van der Waals surface area contributed by atoms with Crippen molar-refractivity contribution in [2.75, 3.05) is 0 Å². The molecule has 0 aliphatic carbocycles. The largest absolute Gasteiger partial charge is 0.318 e. The highest BCUT2D eigenvalue weighted by atomic mass is 32.1. The first-order valence-electron chi connectivity index (χ1n) is 26.8. The summed E-state index contributed by atoms with van der Waals surface area (Å²) in [5.41, 5.74) is 15.7. The summed E-state index contributed by atoms with van der Waals surface area (Å²) in [6.07, 6.45) is 0. The van der Waals surface area contributed by atoms with Gasteiger partial charge in [0, 0.05) is 63.6 Å². The topological polar surface area (TPSA) is 38.0 Å². The van der Waals surface area contributed by atoms with E-state index in [1.165, 1.54) is 25.7 Å². The number of fused-ring (bicyclic) bond motifs is 14. The zero-order valence-corrected chi connectivity index (χ0v) is 44.5. The fraction of sp³-hybridized carbons (Fsp3) is 0. The predicted molar refractivity (Wildman–Crippen MR) is 339 cm³/mol. The highest BCUT2D eigenvalue weighted by molar-refractivity contribution is 7.27. The van der Waals surface area contributed by atoms with Crippen LogP contribution >= 0.6 is 22.7 Å².